The third kappa shape index (κ3) is 2.60. The molecule has 0 aromatic heterocycles. The number of rotatable bonds is 1. The molecule has 22 heavy (non-hydrogen) atoms. The number of fused-ring (bicyclic) bond motifs is 1. The van der Waals surface area contributed by atoms with E-state index in [4.69, 9.17) is 0 Å². The van der Waals surface area contributed by atoms with Crippen molar-refractivity contribution in [3.05, 3.63) is 29.3 Å². The summed E-state index contributed by atoms with van der Waals surface area (Å²) in [6.07, 6.45) is 7.75. The Bertz CT molecular complexity index is 570. The van der Waals surface area contributed by atoms with E-state index < -0.39 is 0 Å². The number of amides is 2. The van der Waals surface area contributed by atoms with Gasteiger partial charge in [-0.15, -0.1) is 0 Å². The van der Waals surface area contributed by atoms with Gasteiger partial charge in [-0.1, -0.05) is 25.3 Å². The third-order valence-corrected chi connectivity index (χ3v) is 5.60. The average molecular weight is 299 g/mol. The Morgan fingerprint density at radius 3 is 2.77 bits per heavy atom. The van der Waals surface area contributed by atoms with Crippen LogP contribution in [0, 0.1) is 5.41 Å². The zero-order chi connectivity index (χ0) is 15.0. The predicted molar refractivity (Wildman–Crippen MR) is 88.0 cm³/mol. The van der Waals surface area contributed by atoms with Crippen molar-refractivity contribution in [3.8, 4) is 0 Å². The molecule has 2 fully saturated rings. The fourth-order valence-corrected chi connectivity index (χ4v) is 4.29. The molecule has 2 heterocycles. The van der Waals surface area contributed by atoms with Crippen molar-refractivity contribution in [1.29, 1.82) is 0 Å². The highest BCUT2D eigenvalue weighted by molar-refractivity contribution is 5.90. The topological polar surface area (TPSA) is 44.4 Å². The summed E-state index contributed by atoms with van der Waals surface area (Å²) in [4.78, 5) is 14.4. The molecule has 4 nitrogen and oxygen atoms in total. The van der Waals surface area contributed by atoms with Crippen LogP contribution in [0.5, 0.6) is 0 Å². The molecule has 4 rings (SSSR count). The Kier molecular flexibility index (Phi) is 3.57. The van der Waals surface area contributed by atoms with E-state index in [-0.39, 0.29) is 6.03 Å². The first kappa shape index (κ1) is 14.1. The van der Waals surface area contributed by atoms with Gasteiger partial charge in [-0.05, 0) is 49.1 Å². The molecular formula is C18H25N3O. The number of likely N-dealkylation sites (tertiary alicyclic amines) is 1. The molecule has 1 aromatic rings. The van der Waals surface area contributed by atoms with Crippen LogP contribution in [0.4, 0.5) is 10.5 Å². The van der Waals surface area contributed by atoms with E-state index in [2.05, 4.69) is 22.8 Å². The average Bonchev–Trinajstić information content (AvgIpc) is 2.53. The lowest BCUT2D eigenvalue weighted by atomic mass is 9.69. The van der Waals surface area contributed by atoms with Gasteiger partial charge in [-0.2, -0.15) is 0 Å². The molecule has 0 unspecified atom stereocenters. The highest BCUT2D eigenvalue weighted by Crippen LogP contribution is 2.43. The fraction of sp³-hybridized carbons (Fsp3) is 0.611. The molecule has 1 saturated carbocycles. The Morgan fingerprint density at radius 2 is 1.95 bits per heavy atom. The lowest BCUT2D eigenvalue weighted by Gasteiger charge is -2.52. The standard InChI is InChI=1S/C18H25N3O/c22-17(21-12-18(13-21)7-2-1-3-8-18)20-16-5-4-14-6-9-19-11-15(14)10-16/h4-5,10,19H,1-3,6-9,11-13H2,(H,20,22). The summed E-state index contributed by atoms with van der Waals surface area (Å²) < 4.78 is 0. The van der Waals surface area contributed by atoms with E-state index in [1.54, 1.807) is 0 Å². The number of hydrogen-bond donors (Lipinski definition) is 2. The highest BCUT2D eigenvalue weighted by atomic mass is 16.2. The zero-order valence-corrected chi connectivity index (χ0v) is 13.2. The first-order chi connectivity index (χ1) is 10.7. The fourth-order valence-electron chi connectivity index (χ4n) is 4.29. The maximum absolute atomic E-state index is 12.4. The molecular weight excluding hydrogens is 274 g/mol. The first-order valence-electron chi connectivity index (χ1n) is 8.63. The number of hydrogen-bond acceptors (Lipinski definition) is 2. The van der Waals surface area contributed by atoms with Gasteiger partial charge >= 0.3 is 6.03 Å². The maximum atomic E-state index is 12.4. The van der Waals surface area contributed by atoms with Crippen LogP contribution in [-0.4, -0.2) is 30.6 Å². The summed E-state index contributed by atoms with van der Waals surface area (Å²) in [5.41, 5.74) is 4.10. The van der Waals surface area contributed by atoms with Crippen molar-refractivity contribution < 1.29 is 4.79 Å². The molecule has 1 aromatic carbocycles. The van der Waals surface area contributed by atoms with E-state index in [0.717, 1.165) is 38.3 Å². The van der Waals surface area contributed by atoms with Gasteiger partial charge in [0.05, 0.1) is 0 Å². The van der Waals surface area contributed by atoms with Gasteiger partial charge in [0.15, 0.2) is 0 Å². The second-order valence-electron chi connectivity index (χ2n) is 7.26. The van der Waals surface area contributed by atoms with Crippen LogP contribution in [0.25, 0.3) is 0 Å². The van der Waals surface area contributed by atoms with E-state index in [9.17, 15) is 4.79 Å². The Balaban J connectivity index is 1.36. The van der Waals surface area contributed by atoms with E-state index >= 15 is 0 Å². The second-order valence-corrected chi connectivity index (χ2v) is 7.26. The number of nitrogens with one attached hydrogen (secondary N) is 2. The molecule has 0 bridgehead atoms. The van der Waals surface area contributed by atoms with Crippen LogP contribution >= 0.6 is 0 Å². The van der Waals surface area contributed by atoms with Gasteiger partial charge < -0.3 is 15.5 Å². The van der Waals surface area contributed by atoms with Gasteiger partial charge in [0, 0.05) is 30.7 Å². The minimum atomic E-state index is 0.0694. The summed E-state index contributed by atoms with van der Waals surface area (Å²) in [5.74, 6) is 0. The minimum absolute atomic E-state index is 0.0694. The van der Waals surface area contributed by atoms with E-state index in [0.29, 0.717) is 5.41 Å². The number of urea groups is 1. The molecule has 2 N–H and O–H groups in total. The number of anilines is 1. The van der Waals surface area contributed by atoms with Gasteiger partial charge in [0.2, 0.25) is 0 Å². The molecule has 3 aliphatic rings. The molecule has 1 aliphatic carbocycles. The van der Waals surface area contributed by atoms with E-state index in [1.807, 2.05) is 11.0 Å². The van der Waals surface area contributed by atoms with Crippen LogP contribution in [0.15, 0.2) is 18.2 Å². The van der Waals surface area contributed by atoms with Crippen molar-refractivity contribution in [2.24, 2.45) is 5.41 Å². The summed E-state index contributed by atoms with van der Waals surface area (Å²) >= 11 is 0. The van der Waals surface area contributed by atoms with Crippen molar-refractivity contribution in [3.63, 3.8) is 0 Å². The molecule has 4 heteroatoms. The number of nitrogens with zero attached hydrogens (tertiary/aromatic N) is 1. The van der Waals surface area contributed by atoms with Crippen LogP contribution in [-0.2, 0) is 13.0 Å². The largest absolute Gasteiger partial charge is 0.323 e. The van der Waals surface area contributed by atoms with Gasteiger partial charge in [-0.3, -0.25) is 0 Å². The van der Waals surface area contributed by atoms with Gasteiger partial charge in [-0.25, -0.2) is 4.79 Å². The summed E-state index contributed by atoms with van der Waals surface area (Å²) in [6.45, 7) is 3.86. The molecule has 1 spiro atoms. The Hall–Kier alpha value is -1.55. The van der Waals surface area contributed by atoms with Crippen molar-refractivity contribution >= 4 is 11.7 Å². The SMILES string of the molecule is O=C(Nc1ccc2c(c1)CNCC2)N1CC2(CCCCC2)C1. The van der Waals surface area contributed by atoms with E-state index in [1.165, 1.54) is 43.2 Å². The predicted octanol–water partition coefficient (Wildman–Crippen LogP) is 3.13. The molecule has 0 radical (unpaired) electrons. The quantitative estimate of drug-likeness (QED) is 0.837. The van der Waals surface area contributed by atoms with Crippen molar-refractivity contribution in [2.45, 2.75) is 45.1 Å². The minimum Gasteiger partial charge on any atom is -0.323 e. The normalized spacial score (nSPS) is 22.8. The summed E-state index contributed by atoms with van der Waals surface area (Å²) in [7, 11) is 0. The number of carbonyl (C=O) groups excluding carboxylic acids is 1. The number of benzene rings is 1. The van der Waals surface area contributed by atoms with Crippen LogP contribution in [0.3, 0.4) is 0 Å². The molecule has 2 aliphatic heterocycles. The number of carbonyl (C=O) groups is 1. The molecule has 2 amide bonds. The molecule has 118 valence electrons. The van der Waals surface area contributed by atoms with Crippen LogP contribution < -0.4 is 10.6 Å². The lowest BCUT2D eigenvalue weighted by Crippen LogP contribution is -2.60. The molecule has 1 saturated heterocycles. The van der Waals surface area contributed by atoms with Gasteiger partial charge in [0.1, 0.15) is 0 Å². The Morgan fingerprint density at radius 1 is 1.14 bits per heavy atom. The van der Waals surface area contributed by atoms with Crippen LogP contribution in [0.2, 0.25) is 0 Å². The second kappa shape index (κ2) is 5.58. The molecule has 0 atom stereocenters. The lowest BCUT2D eigenvalue weighted by molar-refractivity contribution is 0.00515. The first-order valence-corrected chi connectivity index (χ1v) is 8.63. The Labute approximate surface area is 132 Å². The maximum Gasteiger partial charge on any atom is 0.321 e. The smallest absolute Gasteiger partial charge is 0.321 e. The highest BCUT2D eigenvalue weighted by Gasteiger charge is 2.45. The zero-order valence-electron chi connectivity index (χ0n) is 13.2. The third-order valence-electron chi connectivity index (χ3n) is 5.60. The van der Waals surface area contributed by atoms with Crippen molar-refractivity contribution in [1.82, 2.24) is 10.2 Å². The summed E-state index contributed by atoms with van der Waals surface area (Å²) in [6, 6.07) is 6.39. The van der Waals surface area contributed by atoms with Gasteiger partial charge in [0.25, 0.3) is 0 Å². The summed E-state index contributed by atoms with van der Waals surface area (Å²) in [5, 5.41) is 6.46. The van der Waals surface area contributed by atoms with Crippen molar-refractivity contribution in [2.75, 3.05) is 25.0 Å². The van der Waals surface area contributed by atoms with Crippen LogP contribution in [0.1, 0.15) is 43.2 Å². The monoisotopic (exact) mass is 299 g/mol.